The van der Waals surface area contributed by atoms with Gasteiger partial charge < -0.3 is 42.6 Å². The number of benzene rings is 3. The van der Waals surface area contributed by atoms with E-state index in [4.69, 9.17) is 42.6 Å². The van der Waals surface area contributed by atoms with E-state index in [0.29, 0.717) is 12.0 Å². The number of hydrogen-bond acceptors (Lipinski definition) is 17. The lowest BCUT2D eigenvalue weighted by Gasteiger charge is -2.50. The second kappa shape index (κ2) is 23.5. The van der Waals surface area contributed by atoms with Crippen LogP contribution in [0.1, 0.15) is 96.1 Å². The number of nitrogens with zero attached hydrogens (tertiary/aromatic N) is 4. The average molecular weight is 939 g/mol. The first-order chi connectivity index (χ1) is 32.7. The number of esters is 5. The molecule has 3 heterocycles. The lowest BCUT2D eigenvalue weighted by atomic mass is 9.93. The van der Waals surface area contributed by atoms with Crippen molar-refractivity contribution in [2.24, 2.45) is 5.11 Å². The zero-order valence-electron chi connectivity index (χ0n) is 37.8. The predicted molar refractivity (Wildman–Crippen MR) is 234 cm³/mol. The molecular formula is C48H50N4O16. The van der Waals surface area contributed by atoms with Crippen molar-refractivity contribution >= 4 is 41.7 Å². The minimum atomic E-state index is -1.90. The number of carbonyl (C=O) groups excluding carboxylic acids is 7. The van der Waals surface area contributed by atoms with Crippen molar-refractivity contribution < 1.29 is 76.2 Å². The van der Waals surface area contributed by atoms with Gasteiger partial charge in [0.1, 0.15) is 37.0 Å². The van der Waals surface area contributed by atoms with E-state index in [1.54, 1.807) is 54.6 Å². The predicted octanol–water partition coefficient (Wildman–Crippen LogP) is 5.14. The summed E-state index contributed by atoms with van der Waals surface area (Å²) in [5.74, 6) is -0.146. The Kier molecular flexibility index (Phi) is 17.4. The Morgan fingerprint density at radius 2 is 1.29 bits per heavy atom. The molecule has 20 heteroatoms. The van der Waals surface area contributed by atoms with E-state index in [1.807, 2.05) is 13.0 Å². The van der Waals surface area contributed by atoms with Crippen molar-refractivity contribution in [2.45, 2.75) is 122 Å². The zero-order chi connectivity index (χ0) is 48.9. The summed E-state index contributed by atoms with van der Waals surface area (Å²) < 4.78 is 54.0. The number of azide groups is 1. The van der Waals surface area contributed by atoms with Gasteiger partial charge in [-0.2, -0.15) is 0 Å². The third kappa shape index (κ3) is 12.2. The van der Waals surface area contributed by atoms with Crippen LogP contribution in [-0.4, -0.2) is 121 Å². The van der Waals surface area contributed by atoms with Gasteiger partial charge in [0.05, 0.1) is 29.9 Å². The molecule has 3 aliphatic heterocycles. The summed E-state index contributed by atoms with van der Waals surface area (Å²) in [4.78, 5) is 97.3. The highest BCUT2D eigenvalue weighted by Crippen LogP contribution is 2.39. The fourth-order valence-electron chi connectivity index (χ4n) is 7.93. The molecule has 2 fully saturated rings. The van der Waals surface area contributed by atoms with Gasteiger partial charge in [0.2, 0.25) is 6.29 Å². The molecule has 3 aromatic carbocycles. The number of carbonyl (C=O) groups is 7. The van der Waals surface area contributed by atoms with E-state index in [2.05, 4.69) is 21.9 Å². The highest BCUT2D eigenvalue weighted by molar-refractivity contribution is 6.21. The molecule has 2 amide bonds. The molecule has 0 aromatic heterocycles. The van der Waals surface area contributed by atoms with Crippen molar-refractivity contribution in [1.82, 2.24) is 4.90 Å². The van der Waals surface area contributed by atoms with Gasteiger partial charge in [0.25, 0.3) is 11.8 Å². The number of rotatable bonds is 17. The summed E-state index contributed by atoms with van der Waals surface area (Å²) in [6.45, 7) is 5.25. The monoisotopic (exact) mass is 938 g/mol. The molecule has 2 saturated heterocycles. The fourth-order valence-corrected chi connectivity index (χ4v) is 7.93. The van der Waals surface area contributed by atoms with E-state index < -0.39 is 116 Å². The van der Waals surface area contributed by atoms with Crippen LogP contribution in [-0.2, 0) is 68.4 Å². The third-order valence-electron chi connectivity index (χ3n) is 10.8. The number of imide groups is 1. The topological polar surface area (TPSA) is 255 Å². The van der Waals surface area contributed by atoms with Crippen molar-refractivity contribution in [1.29, 1.82) is 0 Å². The van der Waals surface area contributed by atoms with Crippen LogP contribution in [0.25, 0.3) is 10.4 Å². The van der Waals surface area contributed by atoms with Gasteiger partial charge in [0, 0.05) is 44.6 Å². The SMILES string of the molecule is CCCCC#Cc1ccccc1C(=O)O[C@@H]1O[C@H](COCc2ccccc2)[C@@H](O[C@H]2O[C@H](COC(C)=O)[C@@H](OC(C)=O)[C@H](OC(C)=O)[C@H]2N=[N+]=[N-])[C@H](OC(C)=O)[C@H]1N1C(=O)c2ccccc2C1=O. The molecule has 68 heavy (non-hydrogen) atoms. The first-order valence-electron chi connectivity index (χ1n) is 21.7. The van der Waals surface area contributed by atoms with Gasteiger partial charge in [-0.05, 0) is 41.8 Å². The van der Waals surface area contributed by atoms with E-state index in [9.17, 15) is 39.1 Å². The van der Waals surface area contributed by atoms with Gasteiger partial charge in [-0.15, -0.1) is 0 Å². The molecule has 3 aliphatic rings. The Hall–Kier alpha value is -7.14. The second-order valence-corrected chi connectivity index (χ2v) is 15.8. The lowest BCUT2D eigenvalue weighted by Crippen LogP contribution is -2.69. The Bertz CT molecular complexity index is 2430. The smallest absolute Gasteiger partial charge is 0.341 e. The van der Waals surface area contributed by atoms with Gasteiger partial charge in [-0.25, -0.2) is 4.79 Å². The fraction of sp³-hybridized carbons (Fsp3) is 0.438. The van der Waals surface area contributed by atoms with Crippen LogP contribution in [0, 0.1) is 11.8 Å². The number of unbranched alkanes of at least 4 members (excludes halogenated alkanes) is 2. The van der Waals surface area contributed by atoms with E-state index >= 15 is 0 Å². The number of ether oxygens (including phenoxy) is 9. The van der Waals surface area contributed by atoms with E-state index in [0.717, 1.165) is 51.0 Å². The van der Waals surface area contributed by atoms with Gasteiger partial charge in [-0.1, -0.05) is 84.9 Å². The molecule has 0 N–H and O–H groups in total. The van der Waals surface area contributed by atoms with Crippen LogP contribution < -0.4 is 0 Å². The summed E-state index contributed by atoms with van der Waals surface area (Å²) in [5.41, 5.74) is 10.9. The summed E-state index contributed by atoms with van der Waals surface area (Å²) in [7, 11) is 0. The Morgan fingerprint density at radius 1 is 0.706 bits per heavy atom. The number of amides is 2. The molecule has 20 nitrogen and oxygen atoms in total. The molecule has 0 bridgehead atoms. The minimum Gasteiger partial charge on any atom is -0.463 e. The largest absolute Gasteiger partial charge is 0.463 e. The standard InChI is InChI=1S/C48H50N4O16/c1-6-7-8-12-19-32-20-13-14-21-33(32)46(59)68-48-39(52-44(57)34-22-15-16-23-35(34)45(52)58)43(64-30(5)56)41(36(66-48)25-60-24-31-17-10-9-11-18-31)67-47-38(50-51-49)42(63-29(4)55)40(62-28(3)54)37(65-47)26-61-27(2)53/h9-11,13-18,20-23,36-43,47-48H,6-8,24-26H2,1-5H3/t36-,37-,38-,39-,40-,41-,42-,43-,47-,48+/m1/s1. The summed E-state index contributed by atoms with van der Waals surface area (Å²) in [5, 5.41) is 3.82. The molecule has 0 radical (unpaired) electrons. The highest BCUT2D eigenvalue weighted by Gasteiger charge is 2.60. The van der Waals surface area contributed by atoms with Crippen LogP contribution in [0.2, 0.25) is 0 Å². The van der Waals surface area contributed by atoms with Crippen LogP contribution in [0.3, 0.4) is 0 Å². The van der Waals surface area contributed by atoms with E-state index in [-0.39, 0.29) is 23.3 Å². The van der Waals surface area contributed by atoms with Crippen LogP contribution >= 0.6 is 0 Å². The molecule has 3 aromatic rings. The molecule has 0 unspecified atom stereocenters. The molecule has 0 saturated carbocycles. The minimum absolute atomic E-state index is 0.00759. The molecule has 6 rings (SSSR count). The van der Waals surface area contributed by atoms with E-state index in [1.165, 1.54) is 18.2 Å². The van der Waals surface area contributed by atoms with Gasteiger partial charge >= 0.3 is 29.8 Å². The highest BCUT2D eigenvalue weighted by atomic mass is 16.8. The summed E-state index contributed by atoms with van der Waals surface area (Å²) in [6.07, 6.45) is -11.1. The molecule has 0 aliphatic carbocycles. The van der Waals surface area contributed by atoms with Crippen LogP contribution in [0.4, 0.5) is 0 Å². The molecule has 358 valence electrons. The maximum atomic E-state index is 14.4. The van der Waals surface area contributed by atoms with Crippen LogP contribution in [0.15, 0.2) is 84.0 Å². The maximum absolute atomic E-state index is 14.4. The number of hydrogen-bond donors (Lipinski definition) is 0. The first-order valence-corrected chi connectivity index (χ1v) is 21.7. The zero-order valence-corrected chi connectivity index (χ0v) is 37.8. The molecule has 0 spiro atoms. The Labute approximate surface area is 391 Å². The molecule has 10 atom stereocenters. The van der Waals surface area contributed by atoms with Gasteiger partial charge in [0.15, 0.2) is 24.6 Å². The molecular weight excluding hydrogens is 889 g/mol. The van der Waals surface area contributed by atoms with Crippen molar-refractivity contribution in [3.05, 3.63) is 117 Å². The quantitative estimate of drug-likeness (QED) is 0.0248. The summed E-state index contributed by atoms with van der Waals surface area (Å²) in [6, 6.07) is 17.8. The Morgan fingerprint density at radius 3 is 1.93 bits per heavy atom. The Balaban J connectivity index is 1.49. The normalized spacial score (nSPS) is 25.1. The maximum Gasteiger partial charge on any atom is 0.341 e. The van der Waals surface area contributed by atoms with Crippen molar-refractivity contribution in [3.8, 4) is 11.8 Å². The van der Waals surface area contributed by atoms with Crippen LogP contribution in [0.5, 0.6) is 0 Å². The first kappa shape index (κ1) is 50.3. The van der Waals surface area contributed by atoms with Crippen molar-refractivity contribution in [3.63, 3.8) is 0 Å². The second-order valence-electron chi connectivity index (χ2n) is 15.8. The summed E-state index contributed by atoms with van der Waals surface area (Å²) >= 11 is 0. The lowest BCUT2D eigenvalue weighted by molar-refractivity contribution is -0.331. The third-order valence-corrected chi connectivity index (χ3v) is 10.8. The van der Waals surface area contributed by atoms with Crippen molar-refractivity contribution in [2.75, 3.05) is 13.2 Å². The number of fused-ring (bicyclic) bond motifs is 1. The van der Waals surface area contributed by atoms with Gasteiger partial charge in [-0.3, -0.25) is 33.7 Å². The average Bonchev–Trinajstić information content (AvgIpc) is 3.55.